The number of rotatable bonds is 9. The van der Waals surface area contributed by atoms with Crippen LogP contribution in [0, 0.1) is 0 Å². The average molecular weight is 551 g/mol. The maximum absolute atomic E-state index is 11.5. The minimum atomic E-state index is -0.884. The van der Waals surface area contributed by atoms with Crippen molar-refractivity contribution in [2.24, 2.45) is 0 Å². The number of nitrogens with zero attached hydrogens (tertiary/aromatic N) is 6. The molecule has 1 aromatic heterocycles. The van der Waals surface area contributed by atoms with E-state index in [1.807, 2.05) is 33.2 Å². The Morgan fingerprint density at radius 2 is 1.85 bits per heavy atom. The summed E-state index contributed by atoms with van der Waals surface area (Å²) in [5, 5.41) is 11.7. The molecule has 1 unspecified atom stereocenters. The molecule has 40 heavy (non-hydrogen) atoms. The first-order valence-electron chi connectivity index (χ1n) is 13.7. The van der Waals surface area contributed by atoms with Crippen LogP contribution in [0.2, 0.25) is 0 Å². The Labute approximate surface area is 234 Å². The summed E-state index contributed by atoms with van der Waals surface area (Å²) in [6.45, 7) is 6.34. The third kappa shape index (κ3) is 6.15. The number of likely N-dealkylation sites (N-methyl/N-ethyl adjacent to an activating group) is 1. The first-order valence-corrected chi connectivity index (χ1v) is 13.7. The number of piperazine rings is 1. The van der Waals surface area contributed by atoms with Gasteiger partial charge in [-0.1, -0.05) is 24.3 Å². The summed E-state index contributed by atoms with van der Waals surface area (Å²) in [6, 6.07) is 12.7. The Balaban J connectivity index is 1.49. The molecule has 2 aliphatic heterocycles. The molecule has 0 aliphatic carbocycles. The molecule has 2 aliphatic rings. The van der Waals surface area contributed by atoms with Gasteiger partial charge in [0.25, 0.3) is 0 Å². The number of ether oxygens (including phenoxy) is 3. The maximum atomic E-state index is 11.5. The van der Waals surface area contributed by atoms with Crippen molar-refractivity contribution in [1.29, 1.82) is 0 Å². The van der Waals surface area contributed by atoms with Crippen molar-refractivity contribution in [2.45, 2.75) is 26.0 Å². The quantitative estimate of drug-likeness (QED) is 0.399. The van der Waals surface area contributed by atoms with E-state index < -0.39 is 6.09 Å². The van der Waals surface area contributed by atoms with Gasteiger partial charge >= 0.3 is 12.1 Å². The fourth-order valence-electron chi connectivity index (χ4n) is 5.48. The SMILES string of the molecule is COCOc1cc(N2CCc3c(nc(OC(C)CN(C)C)nc3N3CCN(C(=O)O)CC3)C2)c2ccccc2c1. The standard InChI is InChI=1S/C29H38N6O5/c1-20(17-32(2)3)40-28-30-25-18-35(26-16-22(39-19-38-4)15-21-7-5-6-8-23(21)26)10-9-24(25)27(31-28)33-11-13-34(14-12-33)29(36)37/h5-8,15-16,20H,9-14,17-19H2,1-4H3,(H,36,37). The molecule has 3 aromatic rings. The largest absolute Gasteiger partial charge is 0.467 e. The van der Waals surface area contributed by atoms with Crippen molar-refractivity contribution < 1.29 is 24.1 Å². The van der Waals surface area contributed by atoms with Crippen molar-refractivity contribution in [3.63, 3.8) is 0 Å². The van der Waals surface area contributed by atoms with Crippen LogP contribution in [-0.4, -0.2) is 104 Å². The Morgan fingerprint density at radius 3 is 2.58 bits per heavy atom. The van der Waals surface area contributed by atoms with Crippen LogP contribution in [0.15, 0.2) is 36.4 Å². The number of aromatic nitrogens is 2. The van der Waals surface area contributed by atoms with Crippen molar-refractivity contribution >= 4 is 28.4 Å². The highest BCUT2D eigenvalue weighted by Gasteiger charge is 2.29. The van der Waals surface area contributed by atoms with Crippen LogP contribution < -0.4 is 19.3 Å². The zero-order valence-corrected chi connectivity index (χ0v) is 23.7. The molecule has 1 fully saturated rings. The van der Waals surface area contributed by atoms with E-state index in [-0.39, 0.29) is 12.9 Å². The molecule has 214 valence electrons. The molecule has 3 heterocycles. The molecule has 11 heteroatoms. The summed E-state index contributed by atoms with van der Waals surface area (Å²) < 4.78 is 17.2. The van der Waals surface area contributed by atoms with E-state index in [9.17, 15) is 9.90 Å². The number of fused-ring (bicyclic) bond motifs is 2. The number of hydrogen-bond acceptors (Lipinski definition) is 9. The van der Waals surface area contributed by atoms with Gasteiger partial charge in [-0.2, -0.15) is 9.97 Å². The summed E-state index contributed by atoms with van der Waals surface area (Å²) in [5.41, 5.74) is 3.11. The molecular weight excluding hydrogens is 512 g/mol. The molecule has 0 spiro atoms. The third-order valence-corrected chi connectivity index (χ3v) is 7.30. The Hall–Kier alpha value is -3.83. The fourth-order valence-corrected chi connectivity index (χ4v) is 5.48. The van der Waals surface area contributed by atoms with Gasteiger partial charge in [-0.25, -0.2) is 4.79 Å². The number of carboxylic acid groups (broad SMARTS) is 1. The molecule has 0 radical (unpaired) electrons. The van der Waals surface area contributed by atoms with Crippen LogP contribution in [0.25, 0.3) is 10.8 Å². The van der Waals surface area contributed by atoms with E-state index in [1.54, 1.807) is 7.11 Å². The minimum Gasteiger partial charge on any atom is -0.467 e. The lowest BCUT2D eigenvalue weighted by Gasteiger charge is -2.37. The Bertz CT molecular complexity index is 1340. The van der Waals surface area contributed by atoms with Crippen molar-refractivity contribution in [1.82, 2.24) is 19.8 Å². The Morgan fingerprint density at radius 1 is 1.07 bits per heavy atom. The van der Waals surface area contributed by atoms with Crippen molar-refractivity contribution in [2.75, 3.05) is 77.1 Å². The van der Waals surface area contributed by atoms with Crippen LogP contribution in [0.5, 0.6) is 11.8 Å². The molecule has 1 atom stereocenters. The second-order valence-electron chi connectivity index (χ2n) is 10.6. The number of benzene rings is 2. The van der Waals surface area contributed by atoms with Gasteiger partial charge in [0.1, 0.15) is 17.7 Å². The zero-order chi connectivity index (χ0) is 28.2. The van der Waals surface area contributed by atoms with E-state index in [0.717, 1.165) is 58.8 Å². The topological polar surface area (TPSA) is 104 Å². The van der Waals surface area contributed by atoms with Gasteiger partial charge in [0, 0.05) is 69.1 Å². The van der Waals surface area contributed by atoms with E-state index in [4.69, 9.17) is 24.2 Å². The summed E-state index contributed by atoms with van der Waals surface area (Å²) in [7, 11) is 5.63. The highest BCUT2D eigenvalue weighted by Crippen LogP contribution is 2.37. The van der Waals surface area contributed by atoms with Crippen molar-refractivity contribution in [3.05, 3.63) is 47.7 Å². The summed E-state index contributed by atoms with van der Waals surface area (Å²) in [4.78, 5) is 29.3. The van der Waals surface area contributed by atoms with Gasteiger partial charge in [-0.15, -0.1) is 0 Å². The summed E-state index contributed by atoms with van der Waals surface area (Å²) in [6.07, 6.45) is -0.219. The Kier molecular flexibility index (Phi) is 8.41. The van der Waals surface area contributed by atoms with Crippen LogP contribution in [-0.2, 0) is 17.7 Å². The predicted octanol–water partition coefficient (Wildman–Crippen LogP) is 3.30. The molecule has 0 saturated carbocycles. The average Bonchev–Trinajstić information content (AvgIpc) is 2.94. The number of methoxy groups -OCH3 is 1. The molecule has 1 N–H and O–H groups in total. The normalized spacial score (nSPS) is 16.3. The second-order valence-corrected chi connectivity index (χ2v) is 10.6. The molecule has 5 rings (SSSR count). The van der Waals surface area contributed by atoms with E-state index in [1.165, 1.54) is 4.90 Å². The van der Waals surface area contributed by atoms with Gasteiger partial charge in [0.2, 0.25) is 0 Å². The molecule has 0 bridgehead atoms. The van der Waals surface area contributed by atoms with E-state index in [0.29, 0.717) is 38.7 Å². The van der Waals surface area contributed by atoms with Crippen molar-refractivity contribution in [3.8, 4) is 11.8 Å². The predicted molar refractivity (Wildman–Crippen MR) is 154 cm³/mol. The van der Waals surface area contributed by atoms with Crippen LogP contribution in [0.3, 0.4) is 0 Å². The van der Waals surface area contributed by atoms with E-state index >= 15 is 0 Å². The van der Waals surface area contributed by atoms with Gasteiger partial charge in [-0.3, -0.25) is 0 Å². The van der Waals surface area contributed by atoms with Crippen LogP contribution in [0.1, 0.15) is 18.2 Å². The summed E-state index contributed by atoms with van der Waals surface area (Å²) >= 11 is 0. The van der Waals surface area contributed by atoms with Gasteiger partial charge in [0.15, 0.2) is 6.79 Å². The molecule has 1 amide bonds. The second kappa shape index (κ2) is 12.1. The number of anilines is 2. The van der Waals surface area contributed by atoms with Gasteiger partial charge in [-0.05, 0) is 38.9 Å². The maximum Gasteiger partial charge on any atom is 0.407 e. The molecule has 2 aromatic carbocycles. The lowest BCUT2D eigenvalue weighted by molar-refractivity contribution is 0.0512. The van der Waals surface area contributed by atoms with Crippen LogP contribution in [0.4, 0.5) is 16.3 Å². The first kappa shape index (κ1) is 27.7. The van der Waals surface area contributed by atoms with E-state index in [2.05, 4.69) is 39.0 Å². The monoisotopic (exact) mass is 550 g/mol. The highest BCUT2D eigenvalue weighted by molar-refractivity contribution is 5.95. The lowest BCUT2D eigenvalue weighted by Crippen LogP contribution is -2.49. The molecular formula is C29H38N6O5. The smallest absolute Gasteiger partial charge is 0.407 e. The first-order chi connectivity index (χ1) is 19.3. The number of amides is 1. The highest BCUT2D eigenvalue weighted by atomic mass is 16.7. The van der Waals surface area contributed by atoms with Gasteiger partial charge < -0.3 is 38.9 Å². The van der Waals surface area contributed by atoms with Crippen LogP contribution >= 0.6 is 0 Å². The summed E-state index contributed by atoms with van der Waals surface area (Å²) in [5.74, 6) is 1.60. The fraction of sp³-hybridized carbons (Fsp3) is 0.483. The van der Waals surface area contributed by atoms with Gasteiger partial charge in [0.05, 0.1) is 12.2 Å². The third-order valence-electron chi connectivity index (χ3n) is 7.30. The number of hydrogen-bond donors (Lipinski definition) is 1. The zero-order valence-electron chi connectivity index (χ0n) is 23.7. The lowest BCUT2D eigenvalue weighted by atomic mass is 10.0. The molecule has 1 saturated heterocycles. The number of carbonyl (C=O) groups is 1. The minimum absolute atomic E-state index is 0.0944. The molecule has 11 nitrogen and oxygen atoms in total.